The van der Waals surface area contributed by atoms with Gasteiger partial charge in [-0.15, -0.1) is 12.4 Å². The van der Waals surface area contributed by atoms with E-state index in [1.165, 1.54) is 6.42 Å². The van der Waals surface area contributed by atoms with Gasteiger partial charge in [0.15, 0.2) is 5.72 Å². The number of halogens is 3. The van der Waals surface area contributed by atoms with E-state index in [-0.39, 0.29) is 29.9 Å². The molecule has 8 nitrogen and oxygen atoms in total. The van der Waals surface area contributed by atoms with Crippen molar-refractivity contribution in [3.63, 3.8) is 0 Å². The quantitative estimate of drug-likeness (QED) is 0.128. The minimum atomic E-state index is -1.38. The topological polar surface area (TPSA) is 101 Å². The van der Waals surface area contributed by atoms with E-state index in [9.17, 15) is 14.7 Å². The fourth-order valence-electron chi connectivity index (χ4n) is 7.69. The Labute approximate surface area is 279 Å². The maximum Gasteiger partial charge on any atom is 0.507 e. The molecule has 0 aliphatic heterocycles. The Balaban J connectivity index is 0.00000400. The Morgan fingerprint density at radius 2 is 1.64 bits per heavy atom. The number of hydrogen-bond acceptors (Lipinski definition) is 6. The van der Waals surface area contributed by atoms with E-state index >= 15 is 0 Å². The zero-order valence-electron chi connectivity index (χ0n) is 25.3. The molecule has 7 rings (SSSR count). The van der Waals surface area contributed by atoms with Gasteiger partial charge in [-0.2, -0.15) is 0 Å². The van der Waals surface area contributed by atoms with Gasteiger partial charge in [-0.25, -0.2) is 9.78 Å². The molecule has 0 radical (unpaired) electrons. The molecular weight excluding hydrogens is 637 g/mol. The maximum absolute atomic E-state index is 13.9. The Hall–Kier alpha value is -3.04. The van der Waals surface area contributed by atoms with Crippen LogP contribution in [0.2, 0.25) is 10.0 Å². The standard InChI is InChI=1S/C34H37Cl2N3O5.ClH/c1-39(2)12-5-13-43-30-19-22(8-10-28(30)36)31-26(25-6-3-4-7-27(25)35)9-11-29(37-31)32(40)38-34(44-33(41)42)23-15-20-14-21(17-23)18-24(34)16-20;/h3-4,6-11,19-21,23-24H,5,12-18H2,1-2H3,(H,38,40)(H,41,42);1H. The maximum atomic E-state index is 13.9. The van der Waals surface area contributed by atoms with Gasteiger partial charge in [0.1, 0.15) is 11.4 Å². The lowest BCUT2D eigenvalue weighted by atomic mass is 9.52. The average molecular weight is 675 g/mol. The summed E-state index contributed by atoms with van der Waals surface area (Å²) in [5, 5.41) is 13.8. The molecule has 11 heteroatoms. The summed E-state index contributed by atoms with van der Waals surface area (Å²) in [4.78, 5) is 32.9. The highest BCUT2D eigenvalue weighted by molar-refractivity contribution is 6.33. The molecule has 1 amide bonds. The lowest BCUT2D eigenvalue weighted by molar-refractivity contribution is -0.191. The van der Waals surface area contributed by atoms with Gasteiger partial charge < -0.3 is 24.8 Å². The molecular formula is C34H38Cl3N3O5. The lowest BCUT2D eigenvalue weighted by Crippen LogP contribution is -2.68. The van der Waals surface area contributed by atoms with E-state index in [1.54, 1.807) is 12.1 Å². The van der Waals surface area contributed by atoms with Crippen LogP contribution >= 0.6 is 35.6 Å². The number of amides is 1. The second kappa shape index (κ2) is 13.8. The smallest absolute Gasteiger partial charge is 0.492 e. The van der Waals surface area contributed by atoms with Crippen LogP contribution in [0.15, 0.2) is 54.6 Å². The van der Waals surface area contributed by atoms with Crippen LogP contribution in [0.25, 0.3) is 22.4 Å². The van der Waals surface area contributed by atoms with Crippen LogP contribution in [0.1, 0.15) is 49.0 Å². The molecule has 0 atom stereocenters. The molecule has 2 N–H and O–H groups in total. The van der Waals surface area contributed by atoms with E-state index < -0.39 is 17.8 Å². The van der Waals surface area contributed by atoms with Crippen LogP contribution in [0, 0.1) is 23.7 Å². The van der Waals surface area contributed by atoms with E-state index in [2.05, 4.69) is 10.2 Å². The molecule has 4 aliphatic carbocycles. The van der Waals surface area contributed by atoms with Gasteiger partial charge in [-0.05, 0) is 94.8 Å². The molecule has 4 aliphatic rings. The number of ether oxygens (including phenoxy) is 2. The van der Waals surface area contributed by atoms with Crippen LogP contribution in [0.4, 0.5) is 4.79 Å². The molecule has 45 heavy (non-hydrogen) atoms. The summed E-state index contributed by atoms with van der Waals surface area (Å²) in [5.41, 5.74) is 1.62. The van der Waals surface area contributed by atoms with Crippen molar-refractivity contribution in [2.24, 2.45) is 23.7 Å². The van der Waals surface area contributed by atoms with Gasteiger partial charge in [0, 0.05) is 40.1 Å². The van der Waals surface area contributed by atoms with Crippen molar-refractivity contribution in [3.8, 4) is 28.1 Å². The molecule has 3 aromatic rings. The molecule has 0 spiro atoms. The SMILES string of the molecule is CN(C)CCCOc1cc(-c2nc(C(=O)NC3(OC(=O)O)C4CC5CC(C4)CC3C5)ccc2-c2ccccc2Cl)ccc1Cl.Cl. The minimum Gasteiger partial charge on any atom is -0.492 e. The summed E-state index contributed by atoms with van der Waals surface area (Å²) >= 11 is 13.1. The fraction of sp³-hybridized carbons (Fsp3) is 0.441. The highest BCUT2D eigenvalue weighted by Crippen LogP contribution is 2.58. The molecule has 4 saturated carbocycles. The van der Waals surface area contributed by atoms with E-state index in [0.29, 0.717) is 45.5 Å². The number of pyridine rings is 1. The normalized spacial score (nSPS) is 24.6. The van der Waals surface area contributed by atoms with Crippen molar-refractivity contribution < 1.29 is 24.2 Å². The summed E-state index contributed by atoms with van der Waals surface area (Å²) in [6.45, 7) is 1.37. The van der Waals surface area contributed by atoms with Crippen molar-refractivity contribution in [1.82, 2.24) is 15.2 Å². The van der Waals surface area contributed by atoms with Crippen LogP contribution in [-0.2, 0) is 4.74 Å². The first-order valence-electron chi connectivity index (χ1n) is 15.2. The second-order valence-electron chi connectivity index (χ2n) is 12.6. The Kier molecular flexibility index (Phi) is 10.2. The highest BCUT2D eigenvalue weighted by Gasteiger charge is 2.60. The number of benzene rings is 2. The molecule has 0 unspecified atom stereocenters. The molecule has 1 aromatic heterocycles. The number of aromatic nitrogens is 1. The van der Waals surface area contributed by atoms with Gasteiger partial charge in [-0.1, -0.05) is 47.5 Å². The molecule has 240 valence electrons. The lowest BCUT2D eigenvalue weighted by Gasteiger charge is -2.59. The third-order valence-corrected chi connectivity index (χ3v) is 10.1. The third-order valence-electron chi connectivity index (χ3n) is 9.42. The van der Waals surface area contributed by atoms with Crippen LogP contribution < -0.4 is 10.1 Å². The van der Waals surface area contributed by atoms with Gasteiger partial charge in [0.2, 0.25) is 0 Å². The first-order valence-corrected chi connectivity index (χ1v) is 16.0. The number of nitrogens with one attached hydrogen (secondary N) is 1. The van der Waals surface area contributed by atoms with Crippen molar-refractivity contribution in [1.29, 1.82) is 0 Å². The highest BCUT2D eigenvalue weighted by atomic mass is 35.5. The van der Waals surface area contributed by atoms with E-state index in [0.717, 1.165) is 49.8 Å². The molecule has 4 fully saturated rings. The van der Waals surface area contributed by atoms with Crippen molar-refractivity contribution in [2.75, 3.05) is 27.2 Å². The molecule has 2 aromatic carbocycles. The number of carboxylic acid groups (broad SMARTS) is 1. The predicted molar refractivity (Wildman–Crippen MR) is 177 cm³/mol. The summed E-state index contributed by atoms with van der Waals surface area (Å²) in [6.07, 6.45) is 4.05. The van der Waals surface area contributed by atoms with Gasteiger partial charge in [0.05, 0.1) is 17.3 Å². The Morgan fingerprint density at radius 1 is 0.956 bits per heavy atom. The molecule has 1 heterocycles. The predicted octanol–water partition coefficient (Wildman–Crippen LogP) is 8.05. The van der Waals surface area contributed by atoms with Crippen molar-refractivity contribution >= 4 is 47.7 Å². The monoisotopic (exact) mass is 673 g/mol. The minimum absolute atomic E-state index is 0. The van der Waals surface area contributed by atoms with Crippen LogP contribution in [-0.4, -0.2) is 60.0 Å². The molecule has 0 saturated heterocycles. The molecule has 4 bridgehead atoms. The number of carbonyl (C=O) groups is 2. The number of nitrogens with zero attached hydrogens (tertiary/aromatic N) is 2. The van der Waals surface area contributed by atoms with Gasteiger partial charge in [-0.3, -0.25) is 4.79 Å². The van der Waals surface area contributed by atoms with Crippen LogP contribution in [0.3, 0.4) is 0 Å². The first-order chi connectivity index (χ1) is 21.1. The average Bonchev–Trinajstić information content (AvgIpc) is 2.98. The van der Waals surface area contributed by atoms with Crippen LogP contribution in [0.5, 0.6) is 5.75 Å². The van der Waals surface area contributed by atoms with Crippen molar-refractivity contribution in [2.45, 2.75) is 44.2 Å². The zero-order chi connectivity index (χ0) is 31.0. The van der Waals surface area contributed by atoms with E-state index in [4.69, 9.17) is 37.7 Å². The summed E-state index contributed by atoms with van der Waals surface area (Å²) in [7, 11) is 4.02. The second-order valence-corrected chi connectivity index (χ2v) is 13.5. The third kappa shape index (κ3) is 6.89. The number of rotatable bonds is 10. The number of carbonyl (C=O) groups excluding carboxylic acids is 1. The van der Waals surface area contributed by atoms with Gasteiger partial charge in [0.25, 0.3) is 5.91 Å². The number of hydrogen-bond donors (Lipinski definition) is 2. The fourth-order valence-corrected chi connectivity index (χ4v) is 8.10. The zero-order valence-corrected chi connectivity index (χ0v) is 27.6. The summed E-state index contributed by atoms with van der Waals surface area (Å²) in [6, 6.07) is 16.4. The van der Waals surface area contributed by atoms with E-state index in [1.807, 2.05) is 56.6 Å². The largest absolute Gasteiger partial charge is 0.507 e. The summed E-state index contributed by atoms with van der Waals surface area (Å²) < 4.78 is 11.7. The van der Waals surface area contributed by atoms with Gasteiger partial charge >= 0.3 is 6.16 Å². The Morgan fingerprint density at radius 3 is 2.29 bits per heavy atom. The summed E-state index contributed by atoms with van der Waals surface area (Å²) in [5.74, 6) is 1.06. The van der Waals surface area contributed by atoms with Crippen molar-refractivity contribution in [3.05, 3.63) is 70.3 Å². The Bertz CT molecular complexity index is 1540. The first kappa shape index (κ1) is 33.3.